The predicted octanol–water partition coefficient (Wildman–Crippen LogP) is 3.79. The number of aryl methyl sites for hydroxylation is 1. The molecule has 0 unspecified atom stereocenters. The number of benzene rings is 1. The van der Waals surface area contributed by atoms with E-state index in [1.807, 2.05) is 6.07 Å². The minimum atomic E-state index is 0.928. The quantitative estimate of drug-likeness (QED) is 0.724. The molecule has 15 heavy (non-hydrogen) atoms. The van der Waals surface area contributed by atoms with Crippen LogP contribution in [0.5, 0.6) is 0 Å². The van der Waals surface area contributed by atoms with Gasteiger partial charge in [0, 0.05) is 5.69 Å². The first kappa shape index (κ1) is 10.3. The van der Waals surface area contributed by atoms with E-state index >= 15 is 0 Å². The van der Waals surface area contributed by atoms with Crippen molar-refractivity contribution in [3.63, 3.8) is 0 Å². The zero-order valence-electron chi connectivity index (χ0n) is 9.42. The van der Waals surface area contributed by atoms with Gasteiger partial charge in [-0.15, -0.1) is 0 Å². The maximum atomic E-state index is 5.91. The average molecular weight is 201 g/mol. The van der Waals surface area contributed by atoms with E-state index in [4.69, 9.17) is 5.73 Å². The first-order valence-corrected chi connectivity index (χ1v) is 5.89. The van der Waals surface area contributed by atoms with Crippen molar-refractivity contribution in [3.8, 4) is 0 Å². The lowest BCUT2D eigenvalue weighted by molar-refractivity contribution is 0.742. The van der Waals surface area contributed by atoms with Crippen LogP contribution in [0, 0.1) is 0 Å². The molecule has 1 aliphatic carbocycles. The molecule has 0 amide bonds. The molecular weight excluding hydrogens is 182 g/mol. The Balaban J connectivity index is 2.32. The van der Waals surface area contributed by atoms with Gasteiger partial charge in [0.05, 0.1) is 0 Å². The van der Waals surface area contributed by atoms with Crippen LogP contribution in [0.25, 0.3) is 5.57 Å². The Morgan fingerprint density at radius 2 is 2.13 bits per heavy atom. The summed E-state index contributed by atoms with van der Waals surface area (Å²) in [6, 6.07) is 6.46. The lowest BCUT2D eigenvalue weighted by atomic mass is 9.92. The summed E-state index contributed by atoms with van der Waals surface area (Å²) in [5.74, 6) is 0. The molecule has 0 saturated heterocycles. The third kappa shape index (κ3) is 2.23. The standard InChI is InChI=1S/C14H19N/c1-2-11-10-13(8-9-14(11)15)12-6-4-3-5-7-12/h6,8-10H,2-5,7,15H2,1H3. The van der Waals surface area contributed by atoms with Crippen molar-refractivity contribution in [2.45, 2.75) is 39.0 Å². The van der Waals surface area contributed by atoms with E-state index in [0.29, 0.717) is 0 Å². The van der Waals surface area contributed by atoms with Crippen LogP contribution in [-0.4, -0.2) is 0 Å². The van der Waals surface area contributed by atoms with Gasteiger partial charge >= 0.3 is 0 Å². The molecule has 0 aliphatic heterocycles. The van der Waals surface area contributed by atoms with Crippen LogP contribution in [-0.2, 0) is 6.42 Å². The van der Waals surface area contributed by atoms with E-state index in [2.05, 4.69) is 25.1 Å². The fourth-order valence-electron chi connectivity index (χ4n) is 2.21. The summed E-state index contributed by atoms with van der Waals surface area (Å²) < 4.78 is 0. The average Bonchev–Trinajstić information content (AvgIpc) is 2.31. The van der Waals surface area contributed by atoms with E-state index in [9.17, 15) is 0 Å². The number of rotatable bonds is 2. The van der Waals surface area contributed by atoms with E-state index < -0.39 is 0 Å². The van der Waals surface area contributed by atoms with E-state index in [1.54, 1.807) is 0 Å². The lowest BCUT2D eigenvalue weighted by Crippen LogP contribution is -1.96. The van der Waals surface area contributed by atoms with Crippen LogP contribution in [0.15, 0.2) is 24.3 Å². The second-order valence-corrected chi connectivity index (χ2v) is 4.24. The van der Waals surface area contributed by atoms with E-state index in [0.717, 1.165) is 12.1 Å². The maximum Gasteiger partial charge on any atom is 0.0346 e. The van der Waals surface area contributed by atoms with E-state index in [1.165, 1.54) is 42.4 Å². The van der Waals surface area contributed by atoms with Gasteiger partial charge < -0.3 is 5.73 Å². The van der Waals surface area contributed by atoms with Crippen molar-refractivity contribution in [1.82, 2.24) is 0 Å². The highest BCUT2D eigenvalue weighted by Crippen LogP contribution is 2.28. The van der Waals surface area contributed by atoms with E-state index in [-0.39, 0.29) is 0 Å². The largest absolute Gasteiger partial charge is 0.399 e. The van der Waals surface area contributed by atoms with Crippen molar-refractivity contribution in [3.05, 3.63) is 35.4 Å². The summed E-state index contributed by atoms with van der Waals surface area (Å²) in [5, 5.41) is 0. The SMILES string of the molecule is CCc1cc(C2=CCCCC2)ccc1N. The van der Waals surface area contributed by atoms with Crippen LogP contribution in [0.1, 0.15) is 43.7 Å². The normalized spacial score (nSPS) is 16.2. The molecule has 1 heteroatoms. The molecule has 0 radical (unpaired) electrons. The Labute approximate surface area is 92.0 Å². The minimum absolute atomic E-state index is 0.928. The van der Waals surface area contributed by atoms with Crippen LogP contribution < -0.4 is 5.73 Å². The minimum Gasteiger partial charge on any atom is -0.399 e. The smallest absolute Gasteiger partial charge is 0.0346 e. The molecule has 1 aromatic rings. The second kappa shape index (κ2) is 4.52. The van der Waals surface area contributed by atoms with Gasteiger partial charge in [0.15, 0.2) is 0 Å². The molecule has 0 spiro atoms. The Kier molecular flexibility index (Phi) is 3.10. The molecule has 0 aromatic heterocycles. The third-order valence-corrected chi connectivity index (χ3v) is 3.19. The Morgan fingerprint density at radius 3 is 2.80 bits per heavy atom. The fraction of sp³-hybridized carbons (Fsp3) is 0.429. The summed E-state index contributed by atoms with van der Waals surface area (Å²) in [5.41, 5.74) is 11.0. The van der Waals surface area contributed by atoms with Crippen LogP contribution >= 0.6 is 0 Å². The summed E-state index contributed by atoms with van der Waals surface area (Å²) >= 11 is 0. The molecular formula is C14H19N. The van der Waals surface area contributed by atoms with Gasteiger partial charge in [0.2, 0.25) is 0 Å². The zero-order chi connectivity index (χ0) is 10.7. The van der Waals surface area contributed by atoms with Crippen molar-refractivity contribution < 1.29 is 0 Å². The van der Waals surface area contributed by atoms with Gasteiger partial charge in [-0.05, 0) is 60.9 Å². The molecule has 0 atom stereocenters. The topological polar surface area (TPSA) is 26.0 Å². The molecule has 0 heterocycles. The first-order valence-electron chi connectivity index (χ1n) is 5.89. The molecule has 1 aromatic carbocycles. The van der Waals surface area contributed by atoms with Crippen LogP contribution in [0.3, 0.4) is 0 Å². The van der Waals surface area contributed by atoms with Gasteiger partial charge in [-0.3, -0.25) is 0 Å². The molecule has 80 valence electrons. The van der Waals surface area contributed by atoms with Crippen LogP contribution in [0.2, 0.25) is 0 Å². The number of hydrogen-bond donors (Lipinski definition) is 1. The highest BCUT2D eigenvalue weighted by atomic mass is 14.6. The molecule has 0 fully saturated rings. The highest BCUT2D eigenvalue weighted by Gasteiger charge is 2.07. The molecule has 2 N–H and O–H groups in total. The molecule has 1 aliphatic rings. The van der Waals surface area contributed by atoms with Crippen molar-refractivity contribution in [1.29, 1.82) is 0 Å². The molecule has 2 rings (SSSR count). The van der Waals surface area contributed by atoms with Gasteiger partial charge in [0.25, 0.3) is 0 Å². The Morgan fingerprint density at radius 1 is 1.27 bits per heavy atom. The van der Waals surface area contributed by atoms with Gasteiger partial charge in [-0.25, -0.2) is 0 Å². The van der Waals surface area contributed by atoms with Gasteiger partial charge in [-0.1, -0.05) is 19.1 Å². The zero-order valence-corrected chi connectivity index (χ0v) is 9.42. The summed E-state index contributed by atoms with van der Waals surface area (Å²) in [6.07, 6.45) is 8.55. The number of nitrogen functional groups attached to an aromatic ring is 1. The van der Waals surface area contributed by atoms with Crippen molar-refractivity contribution in [2.75, 3.05) is 5.73 Å². The number of allylic oxidation sites excluding steroid dienone is 2. The Bertz CT molecular complexity index is 377. The lowest BCUT2D eigenvalue weighted by Gasteiger charge is -2.14. The number of nitrogens with two attached hydrogens (primary N) is 1. The van der Waals surface area contributed by atoms with Crippen molar-refractivity contribution in [2.24, 2.45) is 0 Å². The number of anilines is 1. The summed E-state index contributed by atoms with van der Waals surface area (Å²) in [7, 11) is 0. The monoisotopic (exact) mass is 201 g/mol. The first-order chi connectivity index (χ1) is 7.31. The summed E-state index contributed by atoms with van der Waals surface area (Å²) in [4.78, 5) is 0. The fourth-order valence-corrected chi connectivity index (χ4v) is 2.21. The third-order valence-electron chi connectivity index (χ3n) is 3.19. The Hall–Kier alpha value is -1.24. The summed E-state index contributed by atoms with van der Waals surface area (Å²) in [6.45, 7) is 2.16. The van der Waals surface area contributed by atoms with Gasteiger partial charge in [0.1, 0.15) is 0 Å². The van der Waals surface area contributed by atoms with Gasteiger partial charge in [-0.2, -0.15) is 0 Å². The second-order valence-electron chi connectivity index (χ2n) is 4.24. The molecule has 0 bridgehead atoms. The van der Waals surface area contributed by atoms with Crippen LogP contribution in [0.4, 0.5) is 5.69 Å². The molecule has 0 saturated carbocycles. The predicted molar refractivity (Wildman–Crippen MR) is 66.7 cm³/mol. The van der Waals surface area contributed by atoms with Crippen molar-refractivity contribution >= 4 is 11.3 Å². The maximum absolute atomic E-state index is 5.91. The molecule has 1 nitrogen and oxygen atoms in total. The highest BCUT2D eigenvalue weighted by molar-refractivity contribution is 5.69. The number of hydrogen-bond acceptors (Lipinski definition) is 1.